The number of rotatable bonds is 2. The van der Waals surface area contributed by atoms with E-state index in [1.807, 2.05) is 37.3 Å². The van der Waals surface area contributed by atoms with E-state index in [-0.39, 0.29) is 0 Å². The maximum Gasteiger partial charge on any atom is 0.150 e. The molecule has 2 aromatic rings. The van der Waals surface area contributed by atoms with Crippen LogP contribution in [0.15, 0.2) is 42.5 Å². The highest BCUT2D eigenvalue weighted by Crippen LogP contribution is 2.24. The summed E-state index contributed by atoms with van der Waals surface area (Å²) >= 11 is 0. The van der Waals surface area contributed by atoms with Crippen molar-refractivity contribution in [3.63, 3.8) is 0 Å². The van der Waals surface area contributed by atoms with Crippen LogP contribution < -0.4 is 0 Å². The van der Waals surface area contributed by atoms with Crippen molar-refractivity contribution < 1.29 is 4.79 Å². The summed E-state index contributed by atoms with van der Waals surface area (Å²) in [5.74, 6) is 0. The van der Waals surface area contributed by atoms with Crippen molar-refractivity contribution in [1.82, 2.24) is 0 Å². The summed E-state index contributed by atoms with van der Waals surface area (Å²) in [5, 5.41) is 8.94. The maximum absolute atomic E-state index is 11.0. The number of nitriles is 1. The second kappa shape index (κ2) is 4.63. The van der Waals surface area contributed by atoms with Gasteiger partial charge in [0.25, 0.3) is 0 Å². The van der Waals surface area contributed by atoms with Gasteiger partial charge in [-0.25, -0.2) is 0 Å². The summed E-state index contributed by atoms with van der Waals surface area (Å²) in [6.45, 7) is 1.94. The first-order chi connectivity index (χ1) is 8.24. The number of nitrogens with zero attached hydrogens (tertiary/aromatic N) is 1. The molecule has 82 valence electrons. The van der Waals surface area contributed by atoms with Crippen LogP contribution in [0, 0.1) is 18.3 Å². The summed E-state index contributed by atoms with van der Waals surface area (Å²) in [5.41, 5.74) is 4.04. The first-order valence-corrected chi connectivity index (χ1v) is 5.31. The maximum atomic E-state index is 11.0. The molecule has 0 atom stereocenters. The van der Waals surface area contributed by atoms with Gasteiger partial charge in [-0.1, -0.05) is 30.3 Å². The predicted molar refractivity (Wildman–Crippen MR) is 66.7 cm³/mol. The number of aldehydes is 1. The molecular formula is C15H11NO. The molecule has 0 fully saturated rings. The van der Waals surface area contributed by atoms with Crippen LogP contribution in [-0.2, 0) is 0 Å². The molecule has 0 bridgehead atoms. The Morgan fingerprint density at radius 1 is 1.18 bits per heavy atom. The van der Waals surface area contributed by atoms with E-state index in [0.717, 1.165) is 23.0 Å². The number of hydrogen-bond donors (Lipinski definition) is 0. The normalized spacial score (nSPS) is 9.65. The molecule has 0 radical (unpaired) electrons. The molecule has 2 rings (SSSR count). The second-order valence-corrected chi connectivity index (χ2v) is 3.90. The fourth-order valence-corrected chi connectivity index (χ4v) is 1.87. The summed E-state index contributed by atoms with van der Waals surface area (Å²) in [6.07, 6.45) is 0.837. The average molecular weight is 221 g/mol. The first kappa shape index (κ1) is 11.1. The van der Waals surface area contributed by atoms with Gasteiger partial charge in [0.15, 0.2) is 6.29 Å². The number of benzene rings is 2. The van der Waals surface area contributed by atoms with E-state index in [2.05, 4.69) is 6.07 Å². The van der Waals surface area contributed by atoms with Crippen LogP contribution in [0.5, 0.6) is 0 Å². The van der Waals surface area contributed by atoms with Crippen LogP contribution in [0.2, 0.25) is 0 Å². The Morgan fingerprint density at radius 3 is 2.65 bits per heavy atom. The minimum absolute atomic E-state index is 0.612. The van der Waals surface area contributed by atoms with Crippen molar-refractivity contribution >= 4 is 6.29 Å². The van der Waals surface area contributed by atoms with Gasteiger partial charge in [0.1, 0.15) is 0 Å². The SMILES string of the molecule is Cc1cc(C#N)cc(-c2ccccc2C=O)c1. The quantitative estimate of drug-likeness (QED) is 0.730. The Kier molecular flexibility index (Phi) is 3.02. The molecule has 0 unspecified atom stereocenters. The molecule has 0 aliphatic carbocycles. The molecule has 17 heavy (non-hydrogen) atoms. The molecule has 0 amide bonds. The Labute approximate surface area is 100 Å². The standard InChI is InChI=1S/C15H11NO/c1-11-6-12(9-16)8-14(7-11)15-5-3-2-4-13(15)10-17/h2-8,10H,1H3. The topological polar surface area (TPSA) is 40.9 Å². The number of carbonyl (C=O) groups excluding carboxylic acids is 1. The molecule has 0 saturated carbocycles. The molecule has 2 nitrogen and oxygen atoms in total. The summed E-state index contributed by atoms with van der Waals surface area (Å²) in [7, 11) is 0. The Bertz CT molecular complexity index is 609. The van der Waals surface area contributed by atoms with E-state index in [9.17, 15) is 4.79 Å². The number of carbonyl (C=O) groups is 1. The third-order valence-corrected chi connectivity index (χ3v) is 2.61. The minimum Gasteiger partial charge on any atom is -0.298 e. The Hall–Kier alpha value is -2.40. The van der Waals surface area contributed by atoms with E-state index in [1.165, 1.54) is 0 Å². The number of aryl methyl sites for hydroxylation is 1. The highest BCUT2D eigenvalue weighted by molar-refractivity contribution is 5.87. The van der Waals surface area contributed by atoms with Gasteiger partial charge in [0.05, 0.1) is 11.6 Å². The van der Waals surface area contributed by atoms with Gasteiger partial charge in [0, 0.05) is 5.56 Å². The smallest absolute Gasteiger partial charge is 0.150 e. The fraction of sp³-hybridized carbons (Fsp3) is 0.0667. The molecular weight excluding hydrogens is 210 g/mol. The zero-order chi connectivity index (χ0) is 12.3. The van der Waals surface area contributed by atoms with Crippen molar-refractivity contribution in [2.75, 3.05) is 0 Å². The lowest BCUT2D eigenvalue weighted by molar-refractivity contribution is 0.112. The lowest BCUT2D eigenvalue weighted by atomic mass is 9.97. The van der Waals surface area contributed by atoms with Crippen LogP contribution in [0.25, 0.3) is 11.1 Å². The van der Waals surface area contributed by atoms with Crippen molar-refractivity contribution in [1.29, 1.82) is 5.26 Å². The molecule has 0 spiro atoms. The number of hydrogen-bond acceptors (Lipinski definition) is 2. The summed E-state index contributed by atoms with van der Waals surface area (Å²) < 4.78 is 0. The molecule has 0 aromatic heterocycles. The molecule has 0 heterocycles. The predicted octanol–water partition coefficient (Wildman–Crippen LogP) is 3.35. The van der Waals surface area contributed by atoms with Crippen LogP contribution in [0.4, 0.5) is 0 Å². The zero-order valence-electron chi connectivity index (χ0n) is 9.47. The second-order valence-electron chi connectivity index (χ2n) is 3.90. The summed E-state index contributed by atoms with van der Waals surface area (Å²) in [6, 6.07) is 15.1. The molecule has 2 aromatic carbocycles. The van der Waals surface area contributed by atoms with Crippen LogP contribution in [0.3, 0.4) is 0 Å². The molecule has 0 aliphatic rings. The first-order valence-electron chi connectivity index (χ1n) is 5.31. The van der Waals surface area contributed by atoms with Gasteiger partial charge in [-0.2, -0.15) is 5.26 Å². The Balaban J connectivity index is 2.64. The van der Waals surface area contributed by atoms with Gasteiger partial charge < -0.3 is 0 Å². The minimum atomic E-state index is 0.612. The van der Waals surface area contributed by atoms with Gasteiger partial charge in [-0.05, 0) is 35.7 Å². The highest BCUT2D eigenvalue weighted by atomic mass is 16.1. The average Bonchev–Trinajstić information content (AvgIpc) is 2.37. The highest BCUT2D eigenvalue weighted by Gasteiger charge is 2.05. The molecule has 2 heteroatoms. The van der Waals surface area contributed by atoms with Crippen molar-refractivity contribution in [3.05, 3.63) is 59.2 Å². The van der Waals surface area contributed by atoms with E-state index >= 15 is 0 Å². The van der Waals surface area contributed by atoms with Crippen LogP contribution in [-0.4, -0.2) is 6.29 Å². The molecule has 0 N–H and O–H groups in total. The summed E-state index contributed by atoms with van der Waals surface area (Å²) in [4.78, 5) is 11.0. The van der Waals surface area contributed by atoms with E-state index in [1.54, 1.807) is 12.1 Å². The molecule has 0 saturated heterocycles. The van der Waals surface area contributed by atoms with Crippen molar-refractivity contribution in [2.45, 2.75) is 6.92 Å². The van der Waals surface area contributed by atoms with E-state index < -0.39 is 0 Å². The van der Waals surface area contributed by atoms with Gasteiger partial charge >= 0.3 is 0 Å². The van der Waals surface area contributed by atoms with Crippen LogP contribution >= 0.6 is 0 Å². The fourth-order valence-electron chi connectivity index (χ4n) is 1.87. The Morgan fingerprint density at radius 2 is 1.94 bits per heavy atom. The van der Waals surface area contributed by atoms with Crippen LogP contribution in [0.1, 0.15) is 21.5 Å². The van der Waals surface area contributed by atoms with Gasteiger partial charge in [-0.15, -0.1) is 0 Å². The zero-order valence-corrected chi connectivity index (χ0v) is 9.47. The van der Waals surface area contributed by atoms with E-state index in [0.29, 0.717) is 11.1 Å². The van der Waals surface area contributed by atoms with Crippen molar-refractivity contribution in [3.8, 4) is 17.2 Å². The van der Waals surface area contributed by atoms with Crippen molar-refractivity contribution in [2.24, 2.45) is 0 Å². The van der Waals surface area contributed by atoms with Gasteiger partial charge in [-0.3, -0.25) is 4.79 Å². The van der Waals surface area contributed by atoms with Gasteiger partial charge in [0.2, 0.25) is 0 Å². The monoisotopic (exact) mass is 221 g/mol. The lowest BCUT2D eigenvalue weighted by Crippen LogP contribution is -1.89. The van der Waals surface area contributed by atoms with E-state index in [4.69, 9.17) is 5.26 Å². The largest absolute Gasteiger partial charge is 0.298 e. The third-order valence-electron chi connectivity index (χ3n) is 2.61. The lowest BCUT2D eigenvalue weighted by Gasteiger charge is -2.06. The molecule has 0 aliphatic heterocycles. The third kappa shape index (κ3) is 2.24.